The molecule has 1 aromatic carbocycles. The predicted molar refractivity (Wildman–Crippen MR) is 126 cm³/mol. The third-order valence-corrected chi connectivity index (χ3v) is 5.72. The molecule has 6 N–H and O–H groups in total. The summed E-state index contributed by atoms with van der Waals surface area (Å²) in [6.45, 7) is 6.34. The van der Waals surface area contributed by atoms with E-state index in [2.05, 4.69) is 32.7 Å². The average molecular weight is 428 g/mol. The van der Waals surface area contributed by atoms with Crippen LogP contribution in [0, 0.1) is 0 Å². The first kappa shape index (κ1) is 23.4. The molecule has 1 aromatic heterocycles. The first-order valence-electron chi connectivity index (χ1n) is 11.5. The molecule has 170 valence electrons. The zero-order chi connectivity index (χ0) is 21.9. The highest BCUT2D eigenvalue weighted by atomic mass is 16.1. The lowest BCUT2D eigenvalue weighted by molar-refractivity contribution is 0.208. The lowest BCUT2D eigenvalue weighted by Crippen LogP contribution is -2.40. The summed E-state index contributed by atoms with van der Waals surface area (Å²) in [5, 5.41) is 6.61. The van der Waals surface area contributed by atoms with E-state index in [-0.39, 0.29) is 5.69 Å². The van der Waals surface area contributed by atoms with Crippen molar-refractivity contribution in [2.24, 2.45) is 11.5 Å². The second-order valence-corrected chi connectivity index (χ2v) is 8.32. The number of hydrogen-bond acceptors (Lipinski definition) is 7. The van der Waals surface area contributed by atoms with Crippen LogP contribution in [0.15, 0.2) is 41.3 Å². The molecule has 31 heavy (non-hydrogen) atoms. The van der Waals surface area contributed by atoms with Gasteiger partial charge in [0.05, 0.1) is 0 Å². The third kappa shape index (κ3) is 8.06. The Morgan fingerprint density at radius 2 is 1.90 bits per heavy atom. The molecule has 0 aliphatic carbocycles. The maximum absolute atomic E-state index is 12.4. The molecule has 1 aliphatic heterocycles. The maximum Gasteiger partial charge on any atom is 0.349 e. The van der Waals surface area contributed by atoms with Gasteiger partial charge < -0.3 is 27.0 Å². The van der Waals surface area contributed by atoms with E-state index in [0.717, 1.165) is 70.5 Å². The monoisotopic (exact) mass is 427 g/mol. The summed E-state index contributed by atoms with van der Waals surface area (Å²) < 4.78 is 1.69. The molecule has 1 saturated heterocycles. The van der Waals surface area contributed by atoms with Crippen LogP contribution in [0.3, 0.4) is 0 Å². The van der Waals surface area contributed by atoms with Crippen molar-refractivity contribution in [3.05, 3.63) is 52.6 Å². The summed E-state index contributed by atoms with van der Waals surface area (Å²) in [6.07, 6.45) is 7.02. The van der Waals surface area contributed by atoms with Gasteiger partial charge in [0, 0.05) is 31.0 Å². The van der Waals surface area contributed by atoms with E-state index in [9.17, 15) is 4.79 Å². The lowest BCUT2D eigenvalue weighted by Gasteiger charge is -2.29. The number of nitrogens with one attached hydrogen (secondary N) is 2. The first-order chi connectivity index (χ1) is 15.1. The summed E-state index contributed by atoms with van der Waals surface area (Å²) >= 11 is 0. The maximum atomic E-state index is 12.4. The smallest absolute Gasteiger partial charge is 0.340 e. The van der Waals surface area contributed by atoms with E-state index in [1.165, 1.54) is 5.56 Å². The normalized spacial score (nSPS) is 15.3. The number of hydrogen-bond donors (Lipinski definition) is 4. The van der Waals surface area contributed by atoms with Gasteiger partial charge in [-0.2, -0.15) is 4.98 Å². The topological polar surface area (TPSA) is 114 Å². The summed E-state index contributed by atoms with van der Waals surface area (Å²) in [5.74, 6) is 0.569. The number of nitrogens with two attached hydrogens (primary N) is 2. The molecule has 0 bridgehead atoms. The van der Waals surface area contributed by atoms with Gasteiger partial charge in [0.25, 0.3) is 0 Å². The highest BCUT2D eigenvalue weighted by Crippen LogP contribution is 2.15. The quantitative estimate of drug-likeness (QED) is 0.381. The highest BCUT2D eigenvalue weighted by molar-refractivity contribution is 5.56. The van der Waals surface area contributed by atoms with Crippen LogP contribution < -0.4 is 27.8 Å². The van der Waals surface area contributed by atoms with Crippen molar-refractivity contribution in [1.82, 2.24) is 19.8 Å². The number of anilines is 2. The van der Waals surface area contributed by atoms with Gasteiger partial charge in [-0.1, -0.05) is 12.1 Å². The van der Waals surface area contributed by atoms with Gasteiger partial charge in [-0.25, -0.2) is 4.79 Å². The number of likely N-dealkylation sites (tertiary alicyclic amines) is 1. The van der Waals surface area contributed by atoms with Crippen molar-refractivity contribution in [2.45, 2.75) is 51.2 Å². The van der Waals surface area contributed by atoms with Gasteiger partial charge >= 0.3 is 5.69 Å². The average Bonchev–Trinajstić information content (AvgIpc) is 2.77. The number of unbranched alkanes of at least 4 members (excludes halogenated alkanes) is 1. The van der Waals surface area contributed by atoms with E-state index >= 15 is 0 Å². The minimum absolute atomic E-state index is 0.214. The third-order valence-electron chi connectivity index (χ3n) is 5.72. The van der Waals surface area contributed by atoms with Crippen molar-refractivity contribution in [2.75, 3.05) is 38.0 Å². The summed E-state index contributed by atoms with van der Waals surface area (Å²) in [5.41, 5.74) is 13.4. The van der Waals surface area contributed by atoms with Crippen LogP contribution in [-0.4, -0.2) is 53.2 Å². The number of rotatable bonds is 12. The molecule has 8 heteroatoms. The van der Waals surface area contributed by atoms with E-state index in [1.54, 1.807) is 4.57 Å². The fourth-order valence-corrected chi connectivity index (χ4v) is 3.83. The molecule has 3 rings (SSSR count). The molecule has 0 saturated carbocycles. The molecule has 0 radical (unpaired) electrons. The Morgan fingerprint density at radius 3 is 2.68 bits per heavy atom. The Hall–Kier alpha value is -2.26. The van der Waals surface area contributed by atoms with E-state index in [1.807, 2.05) is 24.4 Å². The molecule has 0 spiro atoms. The Kier molecular flexibility index (Phi) is 9.48. The molecule has 1 fully saturated rings. The fraction of sp³-hybridized carbons (Fsp3) is 0.565. The molecule has 0 unspecified atom stereocenters. The van der Waals surface area contributed by atoms with Gasteiger partial charge in [-0.05, 0) is 88.6 Å². The fourth-order valence-electron chi connectivity index (χ4n) is 3.83. The van der Waals surface area contributed by atoms with Crippen molar-refractivity contribution in [1.29, 1.82) is 0 Å². The van der Waals surface area contributed by atoms with Crippen molar-refractivity contribution >= 4 is 11.5 Å². The number of piperidine rings is 1. The number of benzene rings is 1. The van der Waals surface area contributed by atoms with Crippen molar-refractivity contribution in [3.63, 3.8) is 0 Å². The predicted octanol–water partition coefficient (Wildman–Crippen LogP) is 1.63. The molecule has 0 amide bonds. The van der Waals surface area contributed by atoms with Crippen LogP contribution >= 0.6 is 0 Å². The highest BCUT2D eigenvalue weighted by Gasteiger charge is 2.15. The van der Waals surface area contributed by atoms with Gasteiger partial charge in [0.1, 0.15) is 5.82 Å². The first-order valence-corrected chi connectivity index (χ1v) is 11.5. The molecule has 2 aromatic rings. The molecular weight excluding hydrogens is 390 g/mol. The van der Waals surface area contributed by atoms with Crippen LogP contribution in [0.2, 0.25) is 0 Å². The Morgan fingerprint density at radius 1 is 1.10 bits per heavy atom. The minimum Gasteiger partial charge on any atom is -0.340 e. The Bertz CT molecular complexity index is 846. The van der Waals surface area contributed by atoms with E-state index in [4.69, 9.17) is 11.5 Å². The van der Waals surface area contributed by atoms with Crippen LogP contribution in [-0.2, 0) is 13.1 Å². The van der Waals surface area contributed by atoms with Gasteiger partial charge in [-0.3, -0.25) is 4.57 Å². The summed E-state index contributed by atoms with van der Waals surface area (Å²) in [6, 6.07) is 10.3. The minimum atomic E-state index is -0.214. The molecule has 0 atom stereocenters. The van der Waals surface area contributed by atoms with E-state index in [0.29, 0.717) is 24.9 Å². The van der Waals surface area contributed by atoms with Crippen LogP contribution in [0.25, 0.3) is 0 Å². The largest absolute Gasteiger partial charge is 0.349 e. The SMILES string of the molecule is NCCCNCc1cccc(Nc2ccn(CCCCN3CCC(N)CC3)c(=O)n2)c1. The Balaban J connectivity index is 1.44. The van der Waals surface area contributed by atoms with Crippen molar-refractivity contribution < 1.29 is 0 Å². The zero-order valence-corrected chi connectivity index (χ0v) is 18.4. The van der Waals surface area contributed by atoms with Gasteiger partial charge in [-0.15, -0.1) is 0 Å². The standard InChI is InChI=1S/C23H37N7O/c24-10-4-11-26-18-19-5-3-6-21(17-19)27-22-9-16-30(23(31)28-22)13-2-1-12-29-14-7-20(25)8-15-29/h3,5-6,9,16-17,20,26H,1-2,4,7-8,10-15,18,24-25H2,(H,27,28,31). The Labute approximate surface area is 185 Å². The van der Waals surface area contributed by atoms with Crippen LogP contribution in [0.5, 0.6) is 0 Å². The van der Waals surface area contributed by atoms with E-state index < -0.39 is 0 Å². The second kappa shape index (κ2) is 12.6. The van der Waals surface area contributed by atoms with Crippen molar-refractivity contribution in [3.8, 4) is 0 Å². The zero-order valence-electron chi connectivity index (χ0n) is 18.4. The molecule has 2 heterocycles. The van der Waals surface area contributed by atoms with Crippen LogP contribution in [0.1, 0.15) is 37.7 Å². The molecule has 8 nitrogen and oxygen atoms in total. The summed E-state index contributed by atoms with van der Waals surface area (Å²) in [4.78, 5) is 19.1. The van der Waals surface area contributed by atoms with Gasteiger partial charge in [0.15, 0.2) is 0 Å². The molecular formula is C23H37N7O. The van der Waals surface area contributed by atoms with Crippen LogP contribution in [0.4, 0.5) is 11.5 Å². The second-order valence-electron chi connectivity index (χ2n) is 8.32. The number of aryl methyl sites for hydroxylation is 1. The summed E-state index contributed by atoms with van der Waals surface area (Å²) in [7, 11) is 0. The molecule has 1 aliphatic rings. The number of nitrogens with zero attached hydrogens (tertiary/aromatic N) is 3. The number of aromatic nitrogens is 2. The van der Waals surface area contributed by atoms with Gasteiger partial charge in [0.2, 0.25) is 0 Å². The lowest BCUT2D eigenvalue weighted by atomic mass is 10.1.